The summed E-state index contributed by atoms with van der Waals surface area (Å²) in [5.41, 5.74) is 1.32. The zero-order chi connectivity index (χ0) is 16.4. The zero-order valence-electron chi connectivity index (χ0n) is 14.0. The van der Waals surface area contributed by atoms with Gasteiger partial charge in [0.05, 0.1) is 24.3 Å². The van der Waals surface area contributed by atoms with Crippen molar-refractivity contribution in [1.29, 1.82) is 0 Å². The molecule has 1 N–H and O–H groups in total. The second-order valence-corrected chi connectivity index (χ2v) is 6.18. The summed E-state index contributed by atoms with van der Waals surface area (Å²) in [6.07, 6.45) is 2.58. The Morgan fingerprint density at radius 1 is 1.22 bits per heavy atom. The van der Waals surface area contributed by atoms with Gasteiger partial charge in [-0.1, -0.05) is 0 Å². The molecule has 1 atom stereocenters. The lowest BCUT2D eigenvalue weighted by Crippen LogP contribution is -2.29. The molecular weight excluding hydrogens is 292 g/mol. The topological polar surface area (TPSA) is 54.8 Å². The van der Waals surface area contributed by atoms with Crippen molar-refractivity contribution in [1.82, 2.24) is 4.98 Å². The Labute approximate surface area is 136 Å². The molecule has 0 aliphatic carbocycles. The number of β-amino-alcohol motifs (C(OH)–C–C–N with tert-alkyl or cyclic N) is 1. The first kappa shape index (κ1) is 15.9. The van der Waals surface area contributed by atoms with Crippen molar-refractivity contribution in [3.05, 3.63) is 24.4 Å². The van der Waals surface area contributed by atoms with E-state index >= 15 is 0 Å². The van der Waals surface area contributed by atoms with E-state index in [1.165, 1.54) is 0 Å². The Hall–Kier alpha value is -2.01. The highest BCUT2D eigenvalue weighted by Gasteiger charge is 2.32. The van der Waals surface area contributed by atoms with Crippen LogP contribution in [0.3, 0.4) is 0 Å². The maximum absolute atomic E-state index is 10.2. The fraction of sp³-hybridized carbons (Fsp3) is 0.500. The number of aromatic nitrogens is 1. The molecule has 1 unspecified atom stereocenters. The Morgan fingerprint density at radius 3 is 2.52 bits per heavy atom. The molecule has 1 aliphatic rings. The number of anilines is 1. The first-order chi connectivity index (χ1) is 11.0. The molecular formula is C18H24N2O3. The summed E-state index contributed by atoms with van der Waals surface area (Å²) in [6.45, 7) is 8.43. The minimum atomic E-state index is -0.635. The molecule has 1 aliphatic heterocycles. The van der Waals surface area contributed by atoms with E-state index in [4.69, 9.17) is 9.47 Å². The quantitative estimate of drug-likeness (QED) is 0.919. The number of benzene rings is 1. The number of pyridine rings is 1. The minimum Gasteiger partial charge on any atom is -0.490 e. The van der Waals surface area contributed by atoms with Gasteiger partial charge in [0, 0.05) is 36.4 Å². The van der Waals surface area contributed by atoms with Crippen LogP contribution in [-0.2, 0) is 0 Å². The SMILES string of the molecule is CCOc1cc2nccc(N3CCC(C)(O)C3)c2cc1OCC. The smallest absolute Gasteiger partial charge is 0.163 e. The van der Waals surface area contributed by atoms with E-state index in [0.29, 0.717) is 19.8 Å². The minimum absolute atomic E-state index is 0.583. The van der Waals surface area contributed by atoms with Gasteiger partial charge in [0.15, 0.2) is 11.5 Å². The second kappa shape index (κ2) is 6.24. The highest BCUT2D eigenvalue weighted by atomic mass is 16.5. The van der Waals surface area contributed by atoms with Gasteiger partial charge in [0.1, 0.15) is 0 Å². The Morgan fingerprint density at radius 2 is 1.91 bits per heavy atom. The molecule has 2 heterocycles. The molecule has 1 fully saturated rings. The van der Waals surface area contributed by atoms with Crippen LogP contribution in [0.5, 0.6) is 11.5 Å². The lowest BCUT2D eigenvalue weighted by atomic mass is 10.1. The van der Waals surface area contributed by atoms with Gasteiger partial charge < -0.3 is 19.5 Å². The van der Waals surface area contributed by atoms with Gasteiger partial charge >= 0.3 is 0 Å². The van der Waals surface area contributed by atoms with Crippen molar-refractivity contribution in [2.24, 2.45) is 0 Å². The third-order valence-electron chi connectivity index (χ3n) is 4.18. The number of aliphatic hydroxyl groups is 1. The van der Waals surface area contributed by atoms with Gasteiger partial charge in [0.2, 0.25) is 0 Å². The third kappa shape index (κ3) is 3.20. The average molecular weight is 316 g/mol. The molecule has 2 aromatic rings. The molecule has 5 nitrogen and oxygen atoms in total. The van der Waals surface area contributed by atoms with E-state index in [1.54, 1.807) is 6.20 Å². The molecule has 3 rings (SSSR count). The number of fused-ring (bicyclic) bond motifs is 1. The van der Waals surface area contributed by atoms with Crippen LogP contribution in [0.25, 0.3) is 10.9 Å². The predicted molar refractivity (Wildman–Crippen MR) is 91.5 cm³/mol. The molecule has 1 saturated heterocycles. The Balaban J connectivity index is 2.07. The predicted octanol–water partition coefficient (Wildman–Crippen LogP) is 2.99. The molecule has 0 radical (unpaired) electrons. The summed E-state index contributed by atoms with van der Waals surface area (Å²) in [4.78, 5) is 6.68. The van der Waals surface area contributed by atoms with E-state index < -0.39 is 5.60 Å². The summed E-state index contributed by atoms with van der Waals surface area (Å²) in [5, 5.41) is 11.3. The van der Waals surface area contributed by atoms with Crippen LogP contribution >= 0.6 is 0 Å². The molecule has 0 saturated carbocycles. The molecule has 124 valence electrons. The molecule has 0 bridgehead atoms. The van der Waals surface area contributed by atoms with Crippen molar-refractivity contribution >= 4 is 16.6 Å². The number of hydrogen-bond acceptors (Lipinski definition) is 5. The standard InChI is InChI=1S/C18H24N2O3/c1-4-22-16-10-13-14(11-17(16)23-5-2)19-8-6-15(13)20-9-7-18(3,21)12-20/h6,8,10-11,21H,4-5,7,9,12H2,1-3H3. The Kier molecular flexibility index (Phi) is 4.31. The maximum Gasteiger partial charge on any atom is 0.163 e. The van der Waals surface area contributed by atoms with Crippen molar-refractivity contribution in [3.8, 4) is 11.5 Å². The molecule has 5 heteroatoms. The number of ether oxygens (including phenoxy) is 2. The van der Waals surface area contributed by atoms with Crippen molar-refractivity contribution in [3.63, 3.8) is 0 Å². The molecule has 1 aromatic carbocycles. The van der Waals surface area contributed by atoms with E-state index in [1.807, 2.05) is 39.0 Å². The van der Waals surface area contributed by atoms with E-state index in [0.717, 1.165) is 41.1 Å². The fourth-order valence-corrected chi connectivity index (χ4v) is 3.10. The maximum atomic E-state index is 10.2. The molecule has 0 amide bonds. The molecule has 23 heavy (non-hydrogen) atoms. The summed E-state index contributed by atoms with van der Waals surface area (Å²) in [5.74, 6) is 1.46. The van der Waals surface area contributed by atoms with Crippen LogP contribution in [0.1, 0.15) is 27.2 Å². The van der Waals surface area contributed by atoms with Gasteiger partial charge in [-0.2, -0.15) is 0 Å². The average Bonchev–Trinajstić information content (AvgIpc) is 2.88. The van der Waals surface area contributed by atoms with Crippen molar-refractivity contribution < 1.29 is 14.6 Å². The monoisotopic (exact) mass is 316 g/mol. The highest BCUT2D eigenvalue weighted by Crippen LogP contribution is 2.37. The van der Waals surface area contributed by atoms with E-state index in [2.05, 4.69) is 9.88 Å². The molecule has 1 aromatic heterocycles. The number of rotatable bonds is 5. The van der Waals surface area contributed by atoms with Gasteiger partial charge in [-0.05, 0) is 39.3 Å². The van der Waals surface area contributed by atoms with Gasteiger partial charge in [-0.25, -0.2) is 0 Å². The van der Waals surface area contributed by atoms with Crippen LogP contribution < -0.4 is 14.4 Å². The highest BCUT2D eigenvalue weighted by molar-refractivity contribution is 5.94. The largest absolute Gasteiger partial charge is 0.490 e. The summed E-state index contributed by atoms with van der Waals surface area (Å²) in [7, 11) is 0. The van der Waals surface area contributed by atoms with Crippen LogP contribution in [0.2, 0.25) is 0 Å². The molecule has 0 spiro atoms. The summed E-state index contributed by atoms with van der Waals surface area (Å²) >= 11 is 0. The van der Waals surface area contributed by atoms with E-state index in [-0.39, 0.29) is 0 Å². The number of hydrogen-bond donors (Lipinski definition) is 1. The van der Waals surface area contributed by atoms with Gasteiger partial charge in [-0.15, -0.1) is 0 Å². The Bertz CT molecular complexity index is 700. The summed E-state index contributed by atoms with van der Waals surface area (Å²) < 4.78 is 11.4. The van der Waals surface area contributed by atoms with Crippen molar-refractivity contribution in [2.45, 2.75) is 32.8 Å². The fourth-order valence-electron chi connectivity index (χ4n) is 3.10. The van der Waals surface area contributed by atoms with Crippen molar-refractivity contribution in [2.75, 3.05) is 31.2 Å². The van der Waals surface area contributed by atoms with Crippen LogP contribution in [-0.4, -0.2) is 42.0 Å². The first-order valence-corrected chi connectivity index (χ1v) is 8.20. The normalized spacial score (nSPS) is 21.0. The zero-order valence-corrected chi connectivity index (χ0v) is 14.0. The van der Waals surface area contributed by atoms with Gasteiger partial charge in [-0.3, -0.25) is 4.98 Å². The first-order valence-electron chi connectivity index (χ1n) is 8.20. The third-order valence-corrected chi connectivity index (χ3v) is 4.18. The lowest BCUT2D eigenvalue weighted by Gasteiger charge is -2.23. The van der Waals surface area contributed by atoms with E-state index in [9.17, 15) is 5.11 Å². The lowest BCUT2D eigenvalue weighted by molar-refractivity contribution is 0.0839. The number of nitrogens with zero attached hydrogens (tertiary/aromatic N) is 2. The van der Waals surface area contributed by atoms with Crippen LogP contribution in [0, 0.1) is 0 Å². The van der Waals surface area contributed by atoms with Crippen LogP contribution in [0.15, 0.2) is 24.4 Å². The van der Waals surface area contributed by atoms with Crippen LogP contribution in [0.4, 0.5) is 5.69 Å². The second-order valence-electron chi connectivity index (χ2n) is 6.18. The summed E-state index contributed by atoms with van der Waals surface area (Å²) in [6, 6.07) is 5.93. The van der Waals surface area contributed by atoms with Gasteiger partial charge in [0.25, 0.3) is 0 Å².